The van der Waals surface area contributed by atoms with E-state index in [1.165, 1.54) is 0 Å². The summed E-state index contributed by atoms with van der Waals surface area (Å²) < 4.78 is 27.4. The molecule has 0 atom stereocenters. The molecule has 4 aromatic rings. The number of aromatic carboxylic acids is 1. The minimum absolute atomic E-state index is 0.149. The number of benzene rings is 2. The minimum atomic E-state index is -3.86. The quantitative estimate of drug-likeness (QED) is 0.343. The molecule has 1 saturated heterocycles. The van der Waals surface area contributed by atoms with Crippen LogP contribution in [0.5, 0.6) is 0 Å². The highest BCUT2D eigenvalue weighted by Gasteiger charge is 2.26. The highest BCUT2D eigenvalue weighted by atomic mass is 35.5. The predicted octanol–water partition coefficient (Wildman–Crippen LogP) is 5.52. The number of piperidine rings is 1. The number of primary sulfonamides is 1. The molecular weight excluding hydrogens is 518 g/mol. The maximum absolute atomic E-state index is 12.2. The van der Waals surface area contributed by atoms with E-state index >= 15 is 0 Å². The molecule has 0 aliphatic carbocycles. The Balaban J connectivity index is 1.79. The number of rotatable bonds is 5. The van der Waals surface area contributed by atoms with E-state index in [0.29, 0.717) is 22.9 Å². The van der Waals surface area contributed by atoms with Gasteiger partial charge in [0.2, 0.25) is 10.0 Å². The molecule has 7 nitrogen and oxygen atoms in total. The largest absolute Gasteiger partial charge is 0.478 e. The molecule has 0 bridgehead atoms. The molecule has 0 saturated carbocycles. The van der Waals surface area contributed by atoms with Crippen molar-refractivity contribution in [2.24, 2.45) is 5.14 Å². The molecule has 0 amide bonds. The van der Waals surface area contributed by atoms with Crippen LogP contribution < -0.4 is 5.14 Å². The van der Waals surface area contributed by atoms with Crippen LogP contribution in [-0.4, -0.2) is 49.1 Å². The number of carboxylic acid groups (broad SMARTS) is 1. The lowest BCUT2D eigenvalue weighted by Crippen LogP contribution is -2.29. The number of thiophene rings is 1. The minimum Gasteiger partial charge on any atom is -0.478 e. The van der Waals surface area contributed by atoms with Crippen LogP contribution in [0.3, 0.4) is 0 Å². The van der Waals surface area contributed by atoms with Gasteiger partial charge in [-0.25, -0.2) is 18.4 Å². The van der Waals surface area contributed by atoms with Gasteiger partial charge in [0.25, 0.3) is 0 Å². The van der Waals surface area contributed by atoms with Crippen molar-refractivity contribution in [2.45, 2.75) is 43.2 Å². The number of aromatic nitrogens is 1. The molecule has 0 unspecified atom stereocenters. The molecule has 0 spiro atoms. The molecule has 0 radical (unpaired) electrons. The van der Waals surface area contributed by atoms with E-state index in [9.17, 15) is 18.3 Å². The van der Waals surface area contributed by atoms with E-state index in [2.05, 4.69) is 18.1 Å². The number of hydrogen-bond donors (Lipinski definition) is 2. The van der Waals surface area contributed by atoms with Gasteiger partial charge in [-0.2, -0.15) is 0 Å². The third kappa shape index (κ3) is 4.13. The molecule has 1 aliphatic rings. The van der Waals surface area contributed by atoms with E-state index in [1.54, 1.807) is 19.1 Å². The average molecular weight is 546 g/mol. The van der Waals surface area contributed by atoms with Gasteiger partial charge in [-0.05, 0) is 93.2 Å². The molecule has 5 rings (SSSR count). The first-order chi connectivity index (χ1) is 17.0. The van der Waals surface area contributed by atoms with Gasteiger partial charge in [-0.3, -0.25) is 0 Å². The van der Waals surface area contributed by atoms with Crippen LogP contribution in [-0.2, 0) is 16.4 Å². The zero-order valence-electron chi connectivity index (χ0n) is 20.3. The van der Waals surface area contributed by atoms with Crippen molar-refractivity contribution in [3.8, 4) is 5.69 Å². The van der Waals surface area contributed by atoms with Crippen LogP contribution in [0.2, 0.25) is 5.02 Å². The van der Waals surface area contributed by atoms with Crippen molar-refractivity contribution in [3.63, 3.8) is 0 Å². The molecule has 3 heterocycles. The Hall–Kier alpha value is -2.43. The maximum atomic E-state index is 12.2. The number of likely N-dealkylation sites (tertiary alicyclic amines) is 1. The lowest BCUT2D eigenvalue weighted by atomic mass is 9.89. The topological polar surface area (TPSA) is 106 Å². The van der Waals surface area contributed by atoms with E-state index in [0.717, 1.165) is 75.1 Å². The van der Waals surface area contributed by atoms with E-state index < -0.39 is 16.0 Å². The third-order valence-corrected chi connectivity index (χ3v) is 10.5. The first-order valence-corrected chi connectivity index (χ1v) is 14.6. The van der Waals surface area contributed by atoms with E-state index in [4.69, 9.17) is 16.7 Å². The Kier molecular flexibility index (Phi) is 6.41. The van der Waals surface area contributed by atoms with Crippen LogP contribution in [0.15, 0.2) is 34.7 Å². The number of nitrogens with zero attached hydrogens (tertiary/aromatic N) is 2. The van der Waals surface area contributed by atoms with Gasteiger partial charge in [0.1, 0.15) is 4.21 Å². The lowest BCUT2D eigenvalue weighted by molar-refractivity contribution is 0.0697. The smallest absolute Gasteiger partial charge is 0.335 e. The fourth-order valence-electron chi connectivity index (χ4n) is 5.45. The van der Waals surface area contributed by atoms with Crippen molar-refractivity contribution in [3.05, 3.63) is 57.7 Å². The molecule has 2 aromatic carbocycles. The first kappa shape index (κ1) is 25.2. The summed E-state index contributed by atoms with van der Waals surface area (Å²) in [5.41, 5.74) is 4.48. The van der Waals surface area contributed by atoms with E-state index in [-0.39, 0.29) is 9.77 Å². The molecule has 190 valence electrons. The fourth-order valence-corrected chi connectivity index (χ4v) is 8.09. The normalized spacial score (nSPS) is 15.8. The van der Waals surface area contributed by atoms with Crippen LogP contribution >= 0.6 is 22.9 Å². The Morgan fingerprint density at radius 1 is 1.25 bits per heavy atom. The van der Waals surface area contributed by atoms with Gasteiger partial charge in [-0.15, -0.1) is 11.3 Å². The number of halogens is 1. The lowest BCUT2D eigenvalue weighted by Gasteiger charge is -2.28. The number of nitrogens with two attached hydrogens (primary N) is 1. The summed E-state index contributed by atoms with van der Waals surface area (Å²) in [6.07, 6.45) is 4.68. The zero-order chi connectivity index (χ0) is 25.9. The van der Waals surface area contributed by atoms with Gasteiger partial charge < -0.3 is 14.6 Å². The Labute approximate surface area is 219 Å². The zero-order valence-corrected chi connectivity index (χ0v) is 22.7. The summed E-state index contributed by atoms with van der Waals surface area (Å²) in [5.74, 6) is -0.656. The standard InChI is InChI=1S/C26H28ClN3O4S2/c1-4-17-23-14(2)26(36(28,33)34)35-22(23)12-21(24(17)27)30-13-19(15-7-9-29(3)10-8-15)18-11-16(25(31)32)5-6-20(18)30/h5-6,11-13,15H,4,7-10H2,1-3H3,(H,31,32)(H2,28,33,34). The summed E-state index contributed by atoms with van der Waals surface area (Å²) in [5, 5.41) is 17.4. The van der Waals surface area contributed by atoms with Gasteiger partial charge in [-0.1, -0.05) is 18.5 Å². The van der Waals surface area contributed by atoms with Gasteiger partial charge >= 0.3 is 5.97 Å². The average Bonchev–Trinajstić information content (AvgIpc) is 3.37. The van der Waals surface area contributed by atoms with Crippen molar-refractivity contribution >= 4 is 59.9 Å². The summed E-state index contributed by atoms with van der Waals surface area (Å²) >= 11 is 8.17. The molecule has 36 heavy (non-hydrogen) atoms. The summed E-state index contributed by atoms with van der Waals surface area (Å²) in [7, 11) is -1.75. The molecule has 1 fully saturated rings. The summed E-state index contributed by atoms with van der Waals surface area (Å²) in [6.45, 7) is 5.72. The van der Waals surface area contributed by atoms with Crippen LogP contribution in [0.1, 0.15) is 52.7 Å². The monoisotopic (exact) mass is 545 g/mol. The highest BCUT2D eigenvalue weighted by molar-refractivity contribution is 7.91. The number of hydrogen-bond acceptors (Lipinski definition) is 5. The van der Waals surface area contributed by atoms with Gasteiger partial charge in [0.05, 0.1) is 21.8 Å². The number of sulfonamides is 1. The number of aryl methyl sites for hydroxylation is 2. The first-order valence-electron chi connectivity index (χ1n) is 11.9. The Morgan fingerprint density at radius 3 is 2.56 bits per heavy atom. The van der Waals surface area contributed by atoms with Crippen molar-refractivity contribution in [1.29, 1.82) is 0 Å². The molecule has 3 N–H and O–H groups in total. The number of carbonyl (C=O) groups is 1. The molecular formula is C26H28ClN3O4S2. The molecule has 1 aliphatic heterocycles. The highest BCUT2D eigenvalue weighted by Crippen LogP contribution is 2.43. The van der Waals surface area contributed by atoms with Crippen molar-refractivity contribution < 1.29 is 18.3 Å². The van der Waals surface area contributed by atoms with E-state index in [1.807, 2.05) is 23.6 Å². The second kappa shape index (κ2) is 9.15. The third-order valence-electron chi connectivity index (χ3n) is 7.30. The van der Waals surface area contributed by atoms with Gasteiger partial charge in [0, 0.05) is 21.7 Å². The Morgan fingerprint density at radius 2 is 1.94 bits per heavy atom. The fraction of sp³-hybridized carbons (Fsp3) is 0.346. The number of fused-ring (bicyclic) bond motifs is 2. The van der Waals surface area contributed by atoms with Crippen molar-refractivity contribution in [2.75, 3.05) is 20.1 Å². The van der Waals surface area contributed by atoms with Crippen LogP contribution in [0, 0.1) is 6.92 Å². The molecule has 10 heteroatoms. The maximum Gasteiger partial charge on any atom is 0.335 e. The second-order valence-corrected chi connectivity index (χ2v) is 12.7. The van der Waals surface area contributed by atoms with Gasteiger partial charge in [0.15, 0.2) is 0 Å². The second-order valence-electron chi connectivity index (χ2n) is 9.54. The predicted molar refractivity (Wildman–Crippen MR) is 146 cm³/mol. The van der Waals surface area contributed by atoms with Crippen LogP contribution in [0.4, 0.5) is 0 Å². The summed E-state index contributed by atoms with van der Waals surface area (Å²) in [4.78, 5) is 14.1. The van der Waals surface area contributed by atoms with Crippen LogP contribution in [0.25, 0.3) is 26.7 Å². The molecule has 2 aromatic heterocycles. The summed E-state index contributed by atoms with van der Waals surface area (Å²) in [6, 6.07) is 7.12. The van der Waals surface area contributed by atoms with Crippen molar-refractivity contribution in [1.82, 2.24) is 9.47 Å². The SMILES string of the molecule is CCc1c(Cl)c(-n2cc(C3CCN(C)CC3)c3cc(C(=O)O)ccc32)cc2sc(S(N)(=O)=O)c(C)c12. The Bertz CT molecular complexity index is 1630. The number of carboxylic acids is 1.